The number of anilines is 1. The van der Waals surface area contributed by atoms with Crippen molar-refractivity contribution in [1.29, 1.82) is 0 Å². The lowest BCUT2D eigenvalue weighted by molar-refractivity contribution is -0.647. The Labute approximate surface area is 155 Å². The van der Waals surface area contributed by atoms with Crippen LogP contribution in [0.25, 0.3) is 11.0 Å². The predicted octanol–water partition coefficient (Wildman–Crippen LogP) is 2.94. The first-order valence-electron chi connectivity index (χ1n) is 9.43. The van der Waals surface area contributed by atoms with E-state index in [1.807, 2.05) is 19.9 Å². The summed E-state index contributed by atoms with van der Waals surface area (Å²) in [6, 6.07) is 17.0. The van der Waals surface area contributed by atoms with Gasteiger partial charge in [-0.2, -0.15) is 0 Å². The first-order chi connectivity index (χ1) is 12.8. The van der Waals surface area contributed by atoms with E-state index in [9.17, 15) is 0 Å². The van der Waals surface area contributed by atoms with Gasteiger partial charge in [0, 0.05) is 19.6 Å². The van der Waals surface area contributed by atoms with E-state index in [0.29, 0.717) is 5.95 Å². The van der Waals surface area contributed by atoms with Gasteiger partial charge in [0.05, 0.1) is 19.8 Å². The van der Waals surface area contributed by atoms with Crippen LogP contribution in [0.5, 0.6) is 0 Å². The number of nitrogens with two attached hydrogens (primary N) is 1. The Morgan fingerprint density at radius 2 is 1.77 bits per heavy atom. The number of morpholine rings is 1. The van der Waals surface area contributed by atoms with Crippen LogP contribution in [-0.4, -0.2) is 36.2 Å². The van der Waals surface area contributed by atoms with E-state index >= 15 is 0 Å². The third-order valence-electron chi connectivity index (χ3n) is 4.60. The van der Waals surface area contributed by atoms with Crippen molar-refractivity contribution in [3.63, 3.8) is 0 Å². The largest absolute Gasteiger partial charge is 0.379 e. The molecule has 0 spiro atoms. The third kappa shape index (κ3) is 4.23. The minimum Gasteiger partial charge on any atom is -0.379 e. The highest BCUT2D eigenvalue weighted by Crippen LogP contribution is 2.16. The number of aromatic nitrogens is 2. The van der Waals surface area contributed by atoms with Gasteiger partial charge in [-0.05, 0) is 23.3 Å². The van der Waals surface area contributed by atoms with Gasteiger partial charge in [-0.25, -0.2) is 9.55 Å². The van der Waals surface area contributed by atoms with Crippen molar-refractivity contribution >= 4 is 17.0 Å². The molecule has 0 saturated carbocycles. The molecule has 0 unspecified atom stereocenters. The molecule has 0 amide bonds. The lowest BCUT2D eigenvalue weighted by Gasteiger charge is -2.26. The second-order valence-corrected chi connectivity index (χ2v) is 6.32. The van der Waals surface area contributed by atoms with Crippen molar-refractivity contribution in [3.8, 4) is 0 Å². The van der Waals surface area contributed by atoms with E-state index in [1.165, 1.54) is 11.1 Å². The molecule has 138 valence electrons. The van der Waals surface area contributed by atoms with Gasteiger partial charge < -0.3 is 4.74 Å². The van der Waals surface area contributed by atoms with Gasteiger partial charge in [0.2, 0.25) is 0 Å². The number of fused-ring (bicyclic) bond motifs is 1. The number of benzene rings is 2. The molecule has 1 saturated heterocycles. The molecular weight excluding hydrogens is 324 g/mol. The van der Waals surface area contributed by atoms with Gasteiger partial charge in [0.1, 0.15) is 11.0 Å². The summed E-state index contributed by atoms with van der Waals surface area (Å²) in [7, 11) is 0. The number of hydrogen-bond acceptors (Lipinski definition) is 3. The van der Waals surface area contributed by atoms with Crippen LogP contribution in [-0.2, 0) is 17.8 Å². The Morgan fingerprint density at radius 1 is 1.04 bits per heavy atom. The number of nitrogen functional groups attached to an aromatic ring is 1. The summed E-state index contributed by atoms with van der Waals surface area (Å²) in [6.45, 7) is 9.38. The van der Waals surface area contributed by atoms with E-state index in [1.54, 1.807) is 0 Å². The van der Waals surface area contributed by atoms with Crippen LogP contribution in [0.15, 0.2) is 48.5 Å². The van der Waals surface area contributed by atoms with Crippen LogP contribution in [0, 0.1) is 0 Å². The highest BCUT2D eigenvalue weighted by molar-refractivity contribution is 5.73. The van der Waals surface area contributed by atoms with Crippen LogP contribution in [0.1, 0.15) is 25.0 Å². The van der Waals surface area contributed by atoms with Crippen molar-refractivity contribution in [3.05, 3.63) is 59.7 Å². The van der Waals surface area contributed by atoms with Crippen molar-refractivity contribution in [2.75, 3.05) is 32.0 Å². The monoisotopic (exact) mass is 353 g/mol. The minimum absolute atomic E-state index is 0.692. The Morgan fingerprint density at radius 3 is 2.50 bits per heavy atom. The fraction of sp³-hybridized carbons (Fsp3) is 0.381. The highest BCUT2D eigenvalue weighted by atomic mass is 16.5. The molecule has 0 atom stereocenters. The zero-order chi connectivity index (χ0) is 18.4. The lowest BCUT2D eigenvalue weighted by atomic mass is 10.1. The van der Waals surface area contributed by atoms with Crippen LogP contribution in [0.3, 0.4) is 0 Å². The van der Waals surface area contributed by atoms with Gasteiger partial charge >= 0.3 is 5.95 Å². The zero-order valence-electron chi connectivity index (χ0n) is 15.7. The lowest BCUT2D eigenvalue weighted by Crippen LogP contribution is -2.36. The first kappa shape index (κ1) is 18.4. The number of imidazole rings is 1. The van der Waals surface area contributed by atoms with E-state index in [2.05, 4.69) is 56.9 Å². The number of ether oxygens (including phenoxy) is 1. The second-order valence-electron chi connectivity index (χ2n) is 6.32. The Bertz CT molecular complexity index is 823. The molecule has 5 heteroatoms. The number of nitrogens with one attached hydrogen (secondary N) is 1. The number of hydrogen-bond donors (Lipinski definition) is 2. The summed E-state index contributed by atoms with van der Waals surface area (Å²) in [5, 5.41) is 0. The summed E-state index contributed by atoms with van der Waals surface area (Å²) in [5.41, 5.74) is 11.0. The van der Waals surface area contributed by atoms with Gasteiger partial charge in [0.15, 0.2) is 0 Å². The summed E-state index contributed by atoms with van der Waals surface area (Å²) < 4.78 is 7.54. The molecule has 3 aromatic rings. The van der Waals surface area contributed by atoms with Gasteiger partial charge in [-0.15, -0.1) is 0 Å². The molecule has 2 aromatic carbocycles. The molecule has 2 heterocycles. The Kier molecular flexibility index (Phi) is 6.26. The number of nitrogens with zero attached hydrogens (tertiary/aromatic N) is 2. The van der Waals surface area contributed by atoms with E-state index in [4.69, 9.17) is 10.5 Å². The number of H-pyrrole nitrogens is 1. The molecule has 3 N–H and O–H groups in total. The number of rotatable bonds is 4. The summed E-state index contributed by atoms with van der Waals surface area (Å²) in [5.74, 6) is 0.692. The van der Waals surface area contributed by atoms with E-state index < -0.39 is 0 Å². The maximum atomic E-state index is 6.22. The standard InChI is InChI=1S/C19H22N4O.C2H6/c20-19-21-17-12-16(13-22-8-10-24-11-9-22)6-7-18(17)23(19)14-15-4-2-1-3-5-15;1-2/h1-7,12H,8-11,13-14H2,(H2,20,21);1-2H3/p+1. The van der Waals surface area contributed by atoms with Crippen molar-refractivity contribution in [2.45, 2.75) is 26.9 Å². The number of aromatic amines is 1. The summed E-state index contributed by atoms with van der Waals surface area (Å²) in [6.07, 6.45) is 0. The zero-order valence-corrected chi connectivity index (χ0v) is 15.7. The molecule has 1 fully saturated rings. The maximum Gasteiger partial charge on any atom is 0.353 e. The second kappa shape index (κ2) is 8.83. The molecule has 1 aliphatic rings. The molecule has 1 aromatic heterocycles. The molecular formula is C21H29N4O+. The Hall–Kier alpha value is -2.37. The normalized spacial score (nSPS) is 14.8. The van der Waals surface area contributed by atoms with Crippen molar-refractivity contribution in [1.82, 2.24) is 9.88 Å². The summed E-state index contributed by atoms with van der Waals surface area (Å²) >= 11 is 0. The van der Waals surface area contributed by atoms with Crippen LogP contribution >= 0.6 is 0 Å². The fourth-order valence-electron chi connectivity index (χ4n) is 3.31. The average Bonchev–Trinajstić information content (AvgIpc) is 3.00. The molecule has 0 bridgehead atoms. The quantitative estimate of drug-likeness (QED) is 0.709. The smallest absolute Gasteiger partial charge is 0.353 e. The third-order valence-corrected chi connectivity index (χ3v) is 4.60. The minimum atomic E-state index is 0.692. The van der Waals surface area contributed by atoms with E-state index in [-0.39, 0.29) is 0 Å². The molecule has 1 aliphatic heterocycles. The van der Waals surface area contributed by atoms with Gasteiger partial charge in [0.25, 0.3) is 0 Å². The topological polar surface area (TPSA) is 58.2 Å². The van der Waals surface area contributed by atoms with Crippen LogP contribution in [0.4, 0.5) is 5.95 Å². The SMILES string of the molecule is CC.Nc1[nH]c2cc(CN3CCOCC3)ccc2[n+]1Cc1ccccc1. The first-order valence-corrected chi connectivity index (χ1v) is 9.43. The van der Waals surface area contributed by atoms with Crippen molar-refractivity contribution in [2.24, 2.45) is 0 Å². The predicted molar refractivity (Wildman–Crippen MR) is 106 cm³/mol. The van der Waals surface area contributed by atoms with Crippen LogP contribution in [0.2, 0.25) is 0 Å². The van der Waals surface area contributed by atoms with Crippen molar-refractivity contribution < 1.29 is 9.30 Å². The summed E-state index contributed by atoms with van der Waals surface area (Å²) in [4.78, 5) is 5.75. The molecule has 0 radical (unpaired) electrons. The molecule has 26 heavy (non-hydrogen) atoms. The Balaban J connectivity index is 0.000000948. The maximum absolute atomic E-state index is 6.22. The molecule has 5 nitrogen and oxygen atoms in total. The van der Waals surface area contributed by atoms with Gasteiger partial charge in [-0.1, -0.05) is 50.2 Å². The van der Waals surface area contributed by atoms with Crippen LogP contribution < -0.4 is 10.3 Å². The fourth-order valence-corrected chi connectivity index (χ4v) is 3.31. The highest BCUT2D eigenvalue weighted by Gasteiger charge is 2.16. The molecule has 4 rings (SSSR count). The van der Waals surface area contributed by atoms with E-state index in [0.717, 1.165) is 50.4 Å². The average molecular weight is 353 g/mol. The van der Waals surface area contributed by atoms with Gasteiger partial charge in [-0.3, -0.25) is 10.6 Å². The molecule has 0 aliphatic carbocycles.